The van der Waals surface area contributed by atoms with Gasteiger partial charge in [-0.2, -0.15) is 9.97 Å². The van der Waals surface area contributed by atoms with Crippen LogP contribution in [0.4, 0.5) is 23.4 Å². The lowest BCUT2D eigenvalue weighted by atomic mass is 9.93. The number of methoxy groups -OCH3 is 1. The van der Waals surface area contributed by atoms with Crippen molar-refractivity contribution >= 4 is 40.5 Å². The number of halogens is 5. The number of hydrogen-bond donors (Lipinski definition) is 2. The molecule has 0 bridgehead atoms. The first-order chi connectivity index (χ1) is 25.8. The van der Waals surface area contributed by atoms with Gasteiger partial charge in [0.05, 0.1) is 26.1 Å². The van der Waals surface area contributed by atoms with Crippen LogP contribution in [0.1, 0.15) is 17.4 Å². The highest BCUT2D eigenvalue weighted by Crippen LogP contribution is 2.30. The summed E-state index contributed by atoms with van der Waals surface area (Å²) in [5.74, 6) is -3.34. The van der Waals surface area contributed by atoms with Gasteiger partial charge in [-0.3, -0.25) is 9.47 Å². The van der Waals surface area contributed by atoms with Gasteiger partial charge in [-0.15, -0.1) is 13.2 Å². The van der Waals surface area contributed by atoms with Crippen LogP contribution in [0.15, 0.2) is 60.9 Å². The van der Waals surface area contributed by atoms with Crippen molar-refractivity contribution in [2.24, 2.45) is 0 Å². The Bertz CT molecular complexity index is 1870. The number of aliphatic hydroxyl groups excluding tert-OH is 1. The maximum absolute atomic E-state index is 16.0. The summed E-state index contributed by atoms with van der Waals surface area (Å²) < 4.78 is 88.2. The van der Waals surface area contributed by atoms with Crippen molar-refractivity contribution in [1.29, 1.82) is 0 Å². The quantitative estimate of drug-likeness (QED) is 0.0688. The van der Waals surface area contributed by atoms with E-state index in [1.54, 1.807) is 30.3 Å². The van der Waals surface area contributed by atoms with Crippen LogP contribution in [0.25, 0.3) is 11.2 Å². The molecule has 1 aliphatic heterocycles. The van der Waals surface area contributed by atoms with Crippen molar-refractivity contribution in [2.75, 3.05) is 58.9 Å². The largest absolute Gasteiger partial charge is 0.573 e. The molecule has 4 atom stereocenters. The maximum Gasteiger partial charge on any atom is 0.573 e. The number of benzene rings is 2. The fraction of sp³-hybridized carbons (Fsp3) is 0.441. The third-order valence-electron chi connectivity index (χ3n) is 8.35. The van der Waals surface area contributed by atoms with Crippen LogP contribution in [0.2, 0.25) is 5.28 Å². The van der Waals surface area contributed by atoms with Crippen molar-refractivity contribution in [1.82, 2.24) is 24.4 Å². The van der Waals surface area contributed by atoms with Crippen molar-refractivity contribution in [3.05, 3.63) is 77.3 Å². The zero-order chi connectivity index (χ0) is 38.9. The van der Waals surface area contributed by atoms with Crippen molar-refractivity contribution in [2.45, 2.75) is 43.5 Å². The molecule has 4 aromatic rings. The maximum atomic E-state index is 16.0. The number of carbonyl (C=O) groups excluding carboxylic acids is 2. The Morgan fingerprint density at radius 3 is 2.44 bits per heavy atom. The van der Waals surface area contributed by atoms with E-state index in [2.05, 4.69) is 19.7 Å². The summed E-state index contributed by atoms with van der Waals surface area (Å²) in [6.45, 7) is 0.867. The Hall–Kier alpha value is -4.66. The highest BCUT2D eigenvalue weighted by Gasteiger charge is 2.52. The monoisotopic (exact) mass is 784 g/mol. The van der Waals surface area contributed by atoms with Gasteiger partial charge in [0.1, 0.15) is 36.7 Å². The number of nitrogen functional groups attached to an aromatic ring is 1. The lowest BCUT2D eigenvalue weighted by Gasteiger charge is -2.33. The van der Waals surface area contributed by atoms with Crippen LogP contribution in [0, 0.1) is 0 Å². The number of aromatic nitrogens is 4. The van der Waals surface area contributed by atoms with Gasteiger partial charge in [0, 0.05) is 33.2 Å². The van der Waals surface area contributed by atoms with Crippen LogP contribution in [0.3, 0.4) is 0 Å². The summed E-state index contributed by atoms with van der Waals surface area (Å²) in [5, 5.41) is 10.9. The molecule has 15 nitrogen and oxygen atoms in total. The molecule has 3 N–H and O–H groups in total. The molecule has 5 rings (SSSR count). The van der Waals surface area contributed by atoms with Gasteiger partial charge >= 0.3 is 18.3 Å². The molecule has 20 heteroatoms. The molecule has 54 heavy (non-hydrogen) atoms. The number of imidazole rings is 1. The zero-order valence-electron chi connectivity index (χ0n) is 28.8. The molecule has 2 aromatic carbocycles. The van der Waals surface area contributed by atoms with E-state index < -0.39 is 61.2 Å². The van der Waals surface area contributed by atoms with Gasteiger partial charge < -0.3 is 39.3 Å². The molecular weight excluding hydrogens is 748 g/mol. The second kappa shape index (κ2) is 18.1. The minimum absolute atomic E-state index is 0.00352. The molecule has 1 unspecified atom stereocenters. The number of nitrogens with two attached hydrogens (primary N) is 1. The number of esters is 2. The molecule has 2 aromatic heterocycles. The van der Waals surface area contributed by atoms with Crippen molar-refractivity contribution < 1.29 is 60.7 Å². The molecule has 0 saturated carbocycles. The Morgan fingerprint density at radius 2 is 1.74 bits per heavy atom. The van der Waals surface area contributed by atoms with E-state index in [9.17, 15) is 27.9 Å². The van der Waals surface area contributed by atoms with Crippen molar-refractivity contribution in [3.63, 3.8) is 0 Å². The number of nitrogens with zero attached hydrogens (tertiary/aromatic N) is 5. The fourth-order valence-electron chi connectivity index (χ4n) is 5.55. The molecule has 0 spiro atoms. The van der Waals surface area contributed by atoms with Crippen LogP contribution < -0.4 is 10.5 Å². The third kappa shape index (κ3) is 10.3. The average Bonchev–Trinajstić information content (AvgIpc) is 3.57. The average molecular weight is 785 g/mol. The Labute approximate surface area is 310 Å². The first-order valence-electron chi connectivity index (χ1n) is 16.5. The molecule has 292 valence electrons. The second-order valence-electron chi connectivity index (χ2n) is 12.0. The number of carbonyl (C=O) groups is 2. The first-order valence-corrected chi connectivity index (χ1v) is 16.8. The summed E-state index contributed by atoms with van der Waals surface area (Å²) in [6, 6.07) is 12.9. The number of rotatable bonds is 17. The molecule has 3 heterocycles. The SMILES string of the molecule is CO[C@H](COC(Cc1cccc(OC(F)(F)F)c1)(C(=O)OCCN1CCOCC1)C(=O)OCc1ccccc1)[C@@H](O)[C@H](F)n1cnc2c(N)nc(Cl)nc21. The van der Waals surface area contributed by atoms with E-state index in [1.165, 1.54) is 12.1 Å². The van der Waals surface area contributed by atoms with Gasteiger partial charge in [-0.1, -0.05) is 42.5 Å². The molecular formula is C34H37ClF4N6O9. The number of hydrogen-bond acceptors (Lipinski definition) is 14. The summed E-state index contributed by atoms with van der Waals surface area (Å²) in [7, 11) is 1.11. The van der Waals surface area contributed by atoms with Gasteiger partial charge in [-0.05, 0) is 34.9 Å². The topological polar surface area (TPSA) is 183 Å². The normalized spacial score (nSPS) is 16.6. The lowest BCUT2D eigenvalue weighted by Crippen LogP contribution is -2.55. The molecule has 1 fully saturated rings. The third-order valence-corrected chi connectivity index (χ3v) is 8.52. The summed E-state index contributed by atoms with van der Waals surface area (Å²) in [6.07, 6.45) is -10.8. The molecule has 1 saturated heterocycles. The first kappa shape index (κ1) is 40.5. The minimum Gasteiger partial charge on any atom is -0.462 e. The number of morpholine rings is 1. The number of ether oxygens (including phenoxy) is 6. The lowest BCUT2D eigenvalue weighted by molar-refractivity contribution is -0.274. The molecule has 0 amide bonds. The summed E-state index contributed by atoms with van der Waals surface area (Å²) >= 11 is 5.91. The molecule has 0 aliphatic carbocycles. The minimum atomic E-state index is -5.05. The molecule has 1 aliphatic rings. The van der Waals surface area contributed by atoms with Crippen LogP contribution in [-0.4, -0.2) is 119 Å². The highest BCUT2D eigenvalue weighted by atomic mass is 35.5. The Morgan fingerprint density at radius 1 is 1.04 bits per heavy atom. The Kier molecular flexibility index (Phi) is 13.6. The van der Waals surface area contributed by atoms with Crippen LogP contribution in [0.5, 0.6) is 5.75 Å². The van der Waals surface area contributed by atoms with E-state index in [0.717, 1.165) is 30.1 Å². The number of anilines is 1. The Balaban J connectivity index is 1.47. The van der Waals surface area contributed by atoms with E-state index in [-0.39, 0.29) is 47.6 Å². The van der Waals surface area contributed by atoms with Gasteiger partial charge in [0.25, 0.3) is 5.60 Å². The van der Waals surface area contributed by atoms with E-state index in [1.807, 2.05) is 4.90 Å². The van der Waals surface area contributed by atoms with Gasteiger partial charge in [0.15, 0.2) is 11.5 Å². The number of alkyl halides is 4. The van der Waals surface area contributed by atoms with E-state index >= 15 is 4.39 Å². The standard InChI is InChI=1S/C34H37ClF4N6O9/c1-49-24(26(46)27(36)45-20-41-25-28(40)42-32(35)43-29(25)45)19-53-33(31(48)52-18-21-6-3-2-4-7-21,30(47)51-15-12-44-10-13-50-14-11-44)17-22-8-5-9-23(16-22)54-34(37,38)39/h2-9,16,20,24,26-27,46H,10-15,17-19H2,1H3,(H2,40,42,43)/t24-,26-,27-,33?/m1/s1. The smallest absolute Gasteiger partial charge is 0.462 e. The second-order valence-corrected chi connectivity index (χ2v) is 12.3. The predicted octanol–water partition coefficient (Wildman–Crippen LogP) is 3.42. The predicted molar refractivity (Wildman–Crippen MR) is 182 cm³/mol. The van der Waals surface area contributed by atoms with Crippen LogP contribution >= 0.6 is 11.6 Å². The summed E-state index contributed by atoms with van der Waals surface area (Å²) in [5.41, 5.74) is 3.44. The van der Waals surface area contributed by atoms with Gasteiger partial charge in [0.2, 0.25) is 11.6 Å². The zero-order valence-corrected chi connectivity index (χ0v) is 29.5. The van der Waals surface area contributed by atoms with E-state index in [0.29, 0.717) is 31.9 Å². The van der Waals surface area contributed by atoms with Crippen LogP contribution in [-0.2, 0) is 46.3 Å². The molecule has 0 radical (unpaired) electrons. The number of aliphatic hydroxyl groups is 1. The van der Waals surface area contributed by atoms with E-state index in [4.69, 9.17) is 41.0 Å². The number of fused-ring (bicyclic) bond motifs is 1. The van der Waals surface area contributed by atoms with Crippen molar-refractivity contribution in [3.8, 4) is 5.75 Å². The van der Waals surface area contributed by atoms with Gasteiger partial charge in [-0.25, -0.2) is 19.0 Å². The highest BCUT2D eigenvalue weighted by molar-refractivity contribution is 6.28. The summed E-state index contributed by atoms with van der Waals surface area (Å²) in [4.78, 5) is 41.9. The fourth-order valence-corrected chi connectivity index (χ4v) is 5.72.